The molecule has 0 aromatic carbocycles. The molecule has 0 saturated heterocycles. The highest BCUT2D eigenvalue weighted by Gasteiger charge is 2.33. The Morgan fingerprint density at radius 3 is 2.62 bits per heavy atom. The lowest BCUT2D eigenvalue weighted by Crippen LogP contribution is -2.52. The van der Waals surface area contributed by atoms with E-state index in [0.717, 1.165) is 38.5 Å². The summed E-state index contributed by atoms with van der Waals surface area (Å²) in [5.41, 5.74) is -0.617. The van der Waals surface area contributed by atoms with E-state index in [-0.39, 0.29) is 6.03 Å². The predicted octanol–water partition coefficient (Wildman–Crippen LogP) is 2.31. The second kappa shape index (κ2) is 6.37. The second-order valence-electron chi connectivity index (χ2n) is 4.49. The van der Waals surface area contributed by atoms with Gasteiger partial charge in [0, 0.05) is 6.54 Å². The van der Waals surface area contributed by atoms with Gasteiger partial charge < -0.3 is 10.6 Å². The summed E-state index contributed by atoms with van der Waals surface area (Å²) in [6.07, 6.45) is 6.83. The van der Waals surface area contributed by atoms with Crippen LogP contribution in [0.4, 0.5) is 4.79 Å². The van der Waals surface area contributed by atoms with Crippen LogP contribution in [0.5, 0.6) is 0 Å². The lowest BCUT2D eigenvalue weighted by Gasteiger charge is -2.31. The van der Waals surface area contributed by atoms with Crippen LogP contribution in [-0.4, -0.2) is 18.1 Å². The van der Waals surface area contributed by atoms with Crippen LogP contribution in [-0.2, 0) is 0 Å². The fraction of sp³-hybridized carbons (Fsp3) is 0.833. The molecule has 0 aromatic heterocycles. The van der Waals surface area contributed by atoms with E-state index in [9.17, 15) is 4.79 Å². The van der Waals surface area contributed by atoms with Crippen molar-refractivity contribution in [3.05, 3.63) is 0 Å². The van der Waals surface area contributed by atoms with E-state index in [2.05, 4.69) is 23.6 Å². The zero-order valence-corrected chi connectivity index (χ0v) is 10.0. The van der Waals surface area contributed by atoms with Crippen molar-refractivity contribution in [1.29, 1.82) is 5.26 Å². The smallest absolute Gasteiger partial charge is 0.316 e. The van der Waals surface area contributed by atoms with Crippen molar-refractivity contribution in [2.24, 2.45) is 0 Å². The molecule has 90 valence electrons. The fourth-order valence-corrected chi connectivity index (χ4v) is 2.06. The molecular formula is C12H21N3O. The first kappa shape index (κ1) is 12.8. The number of hydrogen-bond donors (Lipinski definition) is 2. The first-order valence-corrected chi connectivity index (χ1v) is 6.20. The molecule has 1 aliphatic carbocycles. The standard InChI is InChI=1S/C12H21N3O/c1-2-3-9-14-11(16)15-12(10-13)7-5-4-6-8-12/h2-9H2,1H3,(H2,14,15,16). The summed E-state index contributed by atoms with van der Waals surface area (Å²) in [4.78, 5) is 11.6. The van der Waals surface area contributed by atoms with Crippen molar-refractivity contribution in [3.63, 3.8) is 0 Å². The normalized spacial score (nSPS) is 18.5. The van der Waals surface area contributed by atoms with Gasteiger partial charge in [0.1, 0.15) is 5.54 Å². The number of nitriles is 1. The number of urea groups is 1. The van der Waals surface area contributed by atoms with Gasteiger partial charge in [-0.1, -0.05) is 32.6 Å². The van der Waals surface area contributed by atoms with E-state index in [0.29, 0.717) is 6.54 Å². The predicted molar refractivity (Wildman–Crippen MR) is 62.9 cm³/mol. The number of rotatable bonds is 4. The molecule has 1 saturated carbocycles. The Balaban J connectivity index is 2.37. The number of nitrogens with zero attached hydrogens (tertiary/aromatic N) is 1. The first-order valence-electron chi connectivity index (χ1n) is 6.20. The third-order valence-electron chi connectivity index (χ3n) is 3.09. The topological polar surface area (TPSA) is 64.9 Å². The Morgan fingerprint density at radius 1 is 1.38 bits per heavy atom. The van der Waals surface area contributed by atoms with Gasteiger partial charge in [-0.2, -0.15) is 5.26 Å². The maximum atomic E-state index is 11.6. The number of unbranched alkanes of at least 4 members (excludes halogenated alkanes) is 1. The number of nitrogens with one attached hydrogen (secondary N) is 2. The number of amides is 2. The first-order chi connectivity index (χ1) is 7.72. The molecule has 0 aliphatic heterocycles. The van der Waals surface area contributed by atoms with E-state index in [1.54, 1.807) is 0 Å². The molecule has 0 aromatic rings. The zero-order valence-electron chi connectivity index (χ0n) is 10.0. The Hall–Kier alpha value is -1.24. The van der Waals surface area contributed by atoms with Crippen LogP contribution in [0, 0.1) is 11.3 Å². The van der Waals surface area contributed by atoms with Crippen molar-refractivity contribution >= 4 is 6.03 Å². The largest absolute Gasteiger partial charge is 0.338 e. The summed E-state index contributed by atoms with van der Waals surface area (Å²) in [7, 11) is 0. The fourth-order valence-electron chi connectivity index (χ4n) is 2.06. The minimum Gasteiger partial charge on any atom is -0.338 e. The summed E-state index contributed by atoms with van der Waals surface area (Å²) in [6.45, 7) is 2.77. The van der Waals surface area contributed by atoms with Crippen molar-refractivity contribution in [1.82, 2.24) is 10.6 Å². The summed E-state index contributed by atoms with van der Waals surface area (Å²) in [6, 6.07) is 2.07. The van der Waals surface area contributed by atoms with Gasteiger partial charge >= 0.3 is 6.03 Å². The molecule has 2 N–H and O–H groups in total. The van der Waals surface area contributed by atoms with E-state index in [4.69, 9.17) is 5.26 Å². The van der Waals surface area contributed by atoms with Crippen LogP contribution in [0.1, 0.15) is 51.9 Å². The van der Waals surface area contributed by atoms with Crippen LogP contribution in [0.15, 0.2) is 0 Å². The lowest BCUT2D eigenvalue weighted by molar-refractivity contribution is 0.222. The average molecular weight is 223 g/mol. The molecule has 1 rings (SSSR count). The quantitative estimate of drug-likeness (QED) is 0.718. The maximum Gasteiger partial charge on any atom is 0.316 e. The van der Waals surface area contributed by atoms with Crippen LogP contribution < -0.4 is 10.6 Å². The van der Waals surface area contributed by atoms with E-state index in [1.807, 2.05) is 0 Å². The molecule has 0 radical (unpaired) electrons. The van der Waals surface area contributed by atoms with Crippen molar-refractivity contribution < 1.29 is 4.79 Å². The van der Waals surface area contributed by atoms with Gasteiger partial charge in [-0.05, 0) is 19.3 Å². The van der Waals surface area contributed by atoms with Gasteiger partial charge in [-0.15, -0.1) is 0 Å². The number of carbonyl (C=O) groups excluding carboxylic acids is 1. The SMILES string of the molecule is CCCCNC(=O)NC1(C#N)CCCCC1. The molecule has 4 nitrogen and oxygen atoms in total. The minimum absolute atomic E-state index is 0.197. The molecule has 0 bridgehead atoms. The molecule has 2 amide bonds. The van der Waals surface area contributed by atoms with Gasteiger partial charge in [-0.25, -0.2) is 4.79 Å². The Kier molecular flexibility index (Phi) is 5.10. The maximum absolute atomic E-state index is 11.6. The Labute approximate surface area is 97.4 Å². The summed E-state index contributed by atoms with van der Waals surface area (Å²) < 4.78 is 0. The van der Waals surface area contributed by atoms with Gasteiger partial charge in [0.2, 0.25) is 0 Å². The van der Waals surface area contributed by atoms with E-state index in [1.165, 1.54) is 6.42 Å². The summed E-state index contributed by atoms with van der Waals surface area (Å²) >= 11 is 0. The third-order valence-corrected chi connectivity index (χ3v) is 3.09. The minimum atomic E-state index is -0.617. The van der Waals surface area contributed by atoms with Crippen molar-refractivity contribution in [3.8, 4) is 6.07 Å². The highest BCUT2D eigenvalue weighted by atomic mass is 16.2. The zero-order chi connectivity index (χ0) is 11.9. The van der Waals surface area contributed by atoms with Crippen LogP contribution in [0.2, 0.25) is 0 Å². The summed E-state index contributed by atoms with van der Waals surface area (Å²) in [5.74, 6) is 0. The number of carbonyl (C=O) groups is 1. The van der Waals surface area contributed by atoms with E-state index >= 15 is 0 Å². The van der Waals surface area contributed by atoms with Crippen LogP contribution in [0.25, 0.3) is 0 Å². The molecule has 1 aliphatic rings. The monoisotopic (exact) mass is 223 g/mol. The lowest BCUT2D eigenvalue weighted by atomic mass is 9.83. The number of hydrogen-bond acceptors (Lipinski definition) is 2. The highest BCUT2D eigenvalue weighted by Crippen LogP contribution is 2.27. The highest BCUT2D eigenvalue weighted by molar-refractivity contribution is 5.75. The summed E-state index contributed by atoms with van der Waals surface area (Å²) in [5, 5.41) is 14.8. The Bertz CT molecular complexity index is 264. The van der Waals surface area contributed by atoms with Crippen molar-refractivity contribution in [2.75, 3.05) is 6.54 Å². The van der Waals surface area contributed by atoms with Gasteiger partial charge in [0.25, 0.3) is 0 Å². The molecule has 4 heteroatoms. The molecule has 0 unspecified atom stereocenters. The third kappa shape index (κ3) is 3.73. The molecule has 0 heterocycles. The molecule has 0 atom stereocenters. The van der Waals surface area contributed by atoms with Crippen LogP contribution in [0.3, 0.4) is 0 Å². The van der Waals surface area contributed by atoms with E-state index < -0.39 is 5.54 Å². The van der Waals surface area contributed by atoms with Gasteiger partial charge in [-0.3, -0.25) is 0 Å². The van der Waals surface area contributed by atoms with Gasteiger partial charge in [0.05, 0.1) is 6.07 Å². The Morgan fingerprint density at radius 2 is 2.06 bits per heavy atom. The molecule has 16 heavy (non-hydrogen) atoms. The van der Waals surface area contributed by atoms with Crippen molar-refractivity contribution in [2.45, 2.75) is 57.4 Å². The van der Waals surface area contributed by atoms with Gasteiger partial charge in [0.15, 0.2) is 0 Å². The second-order valence-corrected chi connectivity index (χ2v) is 4.49. The molecule has 0 spiro atoms. The molecular weight excluding hydrogens is 202 g/mol. The van der Waals surface area contributed by atoms with Crippen LogP contribution >= 0.6 is 0 Å². The molecule has 1 fully saturated rings. The average Bonchev–Trinajstić information content (AvgIpc) is 2.30.